The fourth-order valence-corrected chi connectivity index (χ4v) is 4.55. The van der Waals surface area contributed by atoms with Gasteiger partial charge < -0.3 is 25.0 Å². The summed E-state index contributed by atoms with van der Waals surface area (Å²) in [4.78, 5) is 9.38. The first-order chi connectivity index (χ1) is 15.7. The standard InChI is InChI=1S/C25H43N5O2.HI/c1-4-12-30-13-8-22(9-14-30)28-25(26-2)27-20-21-6-5-7-24(19-21)32-18-15-29(3)23-10-16-31-17-11-23;/h5-7,19,22-23H,4,8-18,20H2,1-3H3,(H2,26,27,28);1H. The van der Waals surface area contributed by atoms with Crippen LogP contribution in [0.5, 0.6) is 5.75 Å². The Morgan fingerprint density at radius 3 is 2.67 bits per heavy atom. The quantitative estimate of drug-likeness (QED) is 0.255. The Labute approximate surface area is 217 Å². The van der Waals surface area contributed by atoms with E-state index in [1.54, 1.807) is 0 Å². The number of nitrogens with zero attached hydrogens (tertiary/aromatic N) is 3. The topological polar surface area (TPSA) is 61.4 Å². The average molecular weight is 574 g/mol. The minimum atomic E-state index is 0. The molecule has 0 radical (unpaired) electrons. The molecule has 33 heavy (non-hydrogen) atoms. The molecule has 0 bridgehead atoms. The molecule has 0 atom stereocenters. The molecule has 188 valence electrons. The Hall–Kier alpha value is -1.10. The molecule has 0 aliphatic carbocycles. The lowest BCUT2D eigenvalue weighted by Crippen LogP contribution is -2.48. The number of likely N-dealkylation sites (N-methyl/N-ethyl adjacent to an activating group) is 1. The molecule has 0 aromatic heterocycles. The maximum atomic E-state index is 6.04. The van der Waals surface area contributed by atoms with Crippen molar-refractivity contribution < 1.29 is 9.47 Å². The van der Waals surface area contributed by atoms with Gasteiger partial charge in [-0.2, -0.15) is 0 Å². The monoisotopic (exact) mass is 573 g/mol. The molecule has 1 aromatic carbocycles. The lowest BCUT2D eigenvalue weighted by molar-refractivity contribution is 0.0392. The minimum Gasteiger partial charge on any atom is -0.492 e. The zero-order chi connectivity index (χ0) is 22.6. The summed E-state index contributed by atoms with van der Waals surface area (Å²) in [6.45, 7) is 9.92. The van der Waals surface area contributed by atoms with Crippen LogP contribution in [0.4, 0.5) is 0 Å². The molecule has 0 unspecified atom stereocenters. The van der Waals surface area contributed by atoms with E-state index in [0.717, 1.165) is 50.9 Å². The highest BCUT2D eigenvalue weighted by Crippen LogP contribution is 2.15. The number of nitrogens with one attached hydrogen (secondary N) is 2. The largest absolute Gasteiger partial charge is 0.492 e. The van der Waals surface area contributed by atoms with Crippen molar-refractivity contribution in [2.24, 2.45) is 4.99 Å². The molecule has 0 spiro atoms. The SMILES string of the molecule is CCCN1CCC(NC(=NC)NCc2cccc(OCCN(C)C3CCOCC3)c2)CC1.I. The number of halogens is 1. The molecule has 2 N–H and O–H groups in total. The van der Waals surface area contributed by atoms with Gasteiger partial charge in [0.15, 0.2) is 5.96 Å². The van der Waals surface area contributed by atoms with Crippen molar-refractivity contribution in [2.45, 2.75) is 57.7 Å². The third-order valence-electron chi connectivity index (χ3n) is 6.58. The van der Waals surface area contributed by atoms with Crippen molar-refractivity contribution in [3.63, 3.8) is 0 Å². The fourth-order valence-electron chi connectivity index (χ4n) is 4.55. The number of hydrogen-bond acceptors (Lipinski definition) is 5. The summed E-state index contributed by atoms with van der Waals surface area (Å²) in [5, 5.41) is 7.06. The molecular formula is C25H44IN5O2. The van der Waals surface area contributed by atoms with Gasteiger partial charge >= 0.3 is 0 Å². The van der Waals surface area contributed by atoms with E-state index in [4.69, 9.17) is 9.47 Å². The van der Waals surface area contributed by atoms with Gasteiger partial charge in [-0.15, -0.1) is 24.0 Å². The van der Waals surface area contributed by atoms with Crippen LogP contribution in [0.1, 0.15) is 44.6 Å². The van der Waals surface area contributed by atoms with Gasteiger partial charge in [-0.25, -0.2) is 0 Å². The highest BCUT2D eigenvalue weighted by molar-refractivity contribution is 14.0. The Bertz CT molecular complexity index is 691. The number of likely N-dealkylation sites (tertiary alicyclic amines) is 1. The second-order valence-corrected chi connectivity index (χ2v) is 9.01. The smallest absolute Gasteiger partial charge is 0.191 e. The maximum absolute atomic E-state index is 6.04. The number of ether oxygens (including phenoxy) is 2. The van der Waals surface area contributed by atoms with Crippen LogP contribution in [-0.2, 0) is 11.3 Å². The summed E-state index contributed by atoms with van der Waals surface area (Å²) < 4.78 is 11.5. The molecule has 0 amide bonds. The summed E-state index contributed by atoms with van der Waals surface area (Å²) in [6, 6.07) is 9.46. The van der Waals surface area contributed by atoms with E-state index < -0.39 is 0 Å². The summed E-state index contributed by atoms with van der Waals surface area (Å²) >= 11 is 0. The number of benzene rings is 1. The Morgan fingerprint density at radius 1 is 1.21 bits per heavy atom. The van der Waals surface area contributed by atoms with Crippen molar-refractivity contribution in [1.29, 1.82) is 0 Å². The maximum Gasteiger partial charge on any atom is 0.191 e. The Morgan fingerprint density at radius 2 is 1.97 bits per heavy atom. The normalized spacial score (nSPS) is 18.7. The lowest BCUT2D eigenvalue weighted by atomic mass is 10.1. The molecule has 2 fully saturated rings. The van der Waals surface area contributed by atoms with Crippen LogP contribution in [0.2, 0.25) is 0 Å². The van der Waals surface area contributed by atoms with Crippen molar-refractivity contribution >= 4 is 29.9 Å². The molecule has 2 aliphatic rings. The molecule has 2 heterocycles. The first-order valence-electron chi connectivity index (χ1n) is 12.4. The second-order valence-electron chi connectivity index (χ2n) is 9.01. The van der Waals surface area contributed by atoms with Gasteiger partial charge in [-0.05, 0) is 63.4 Å². The fraction of sp³-hybridized carbons (Fsp3) is 0.720. The van der Waals surface area contributed by atoms with Crippen LogP contribution < -0.4 is 15.4 Å². The number of hydrogen-bond donors (Lipinski definition) is 2. The minimum absolute atomic E-state index is 0. The summed E-state index contributed by atoms with van der Waals surface area (Å²) in [5.41, 5.74) is 1.20. The molecule has 8 heteroatoms. The molecule has 1 aromatic rings. The molecule has 2 aliphatic heterocycles. The van der Waals surface area contributed by atoms with Crippen molar-refractivity contribution in [3.8, 4) is 5.75 Å². The summed E-state index contributed by atoms with van der Waals surface area (Å²) in [5.74, 6) is 1.80. The zero-order valence-electron chi connectivity index (χ0n) is 20.7. The van der Waals surface area contributed by atoms with Crippen LogP contribution in [0, 0.1) is 0 Å². The predicted molar refractivity (Wildman–Crippen MR) is 147 cm³/mol. The van der Waals surface area contributed by atoms with E-state index in [9.17, 15) is 0 Å². The zero-order valence-corrected chi connectivity index (χ0v) is 23.1. The van der Waals surface area contributed by atoms with E-state index in [-0.39, 0.29) is 24.0 Å². The number of guanidine groups is 1. The van der Waals surface area contributed by atoms with Crippen LogP contribution in [0.3, 0.4) is 0 Å². The van der Waals surface area contributed by atoms with Gasteiger partial charge in [-0.1, -0.05) is 19.1 Å². The van der Waals surface area contributed by atoms with Crippen molar-refractivity contribution in [1.82, 2.24) is 20.4 Å². The van der Waals surface area contributed by atoms with Gasteiger partial charge in [0, 0.05) is 58.5 Å². The van der Waals surface area contributed by atoms with E-state index in [0.29, 0.717) is 18.7 Å². The van der Waals surface area contributed by atoms with Crippen molar-refractivity contribution in [2.75, 3.05) is 60.1 Å². The van der Waals surface area contributed by atoms with Gasteiger partial charge in [0.1, 0.15) is 12.4 Å². The lowest BCUT2D eigenvalue weighted by Gasteiger charge is -2.32. The van der Waals surface area contributed by atoms with Gasteiger partial charge in [0.2, 0.25) is 0 Å². The molecule has 0 saturated carbocycles. The first kappa shape index (κ1) is 28.1. The van der Waals surface area contributed by atoms with Crippen LogP contribution in [0.15, 0.2) is 29.3 Å². The van der Waals surface area contributed by atoms with Gasteiger partial charge in [0.25, 0.3) is 0 Å². The number of aliphatic imine (C=N–C) groups is 1. The highest BCUT2D eigenvalue weighted by Gasteiger charge is 2.19. The van der Waals surface area contributed by atoms with E-state index in [1.807, 2.05) is 13.1 Å². The molecule has 7 nitrogen and oxygen atoms in total. The highest BCUT2D eigenvalue weighted by atomic mass is 127. The first-order valence-corrected chi connectivity index (χ1v) is 12.4. The van der Waals surface area contributed by atoms with Crippen LogP contribution in [-0.4, -0.2) is 87.9 Å². The van der Waals surface area contributed by atoms with Crippen LogP contribution in [0.25, 0.3) is 0 Å². The Kier molecular flexibility index (Phi) is 13.4. The van der Waals surface area contributed by atoms with Gasteiger partial charge in [0.05, 0.1) is 0 Å². The molecular weight excluding hydrogens is 529 g/mol. The third kappa shape index (κ3) is 9.96. The summed E-state index contributed by atoms with van der Waals surface area (Å²) in [7, 11) is 4.03. The predicted octanol–water partition coefficient (Wildman–Crippen LogP) is 3.33. The third-order valence-corrected chi connectivity index (χ3v) is 6.58. The van der Waals surface area contributed by atoms with E-state index in [1.165, 1.54) is 44.5 Å². The molecule has 2 saturated heterocycles. The second kappa shape index (κ2) is 15.7. The number of piperidine rings is 1. The van der Waals surface area contributed by atoms with Gasteiger partial charge in [-0.3, -0.25) is 9.89 Å². The Balaban J connectivity index is 0.00000385. The van der Waals surface area contributed by atoms with E-state index in [2.05, 4.69) is 57.6 Å². The summed E-state index contributed by atoms with van der Waals surface area (Å²) in [6.07, 6.45) is 5.81. The number of rotatable bonds is 10. The van der Waals surface area contributed by atoms with Crippen LogP contribution >= 0.6 is 24.0 Å². The van der Waals surface area contributed by atoms with E-state index >= 15 is 0 Å². The molecule has 3 rings (SSSR count). The van der Waals surface area contributed by atoms with Crippen molar-refractivity contribution in [3.05, 3.63) is 29.8 Å². The average Bonchev–Trinajstić information content (AvgIpc) is 2.84.